The number of aliphatic hydroxyl groups excluding tert-OH is 1. The van der Waals surface area contributed by atoms with E-state index < -0.39 is 0 Å². The number of phenols is 2. The number of aromatic nitrogens is 9. The van der Waals surface area contributed by atoms with E-state index in [4.69, 9.17) is 49.2 Å². The van der Waals surface area contributed by atoms with Gasteiger partial charge in [0, 0.05) is 106 Å². The number of carbonyl (C=O) groups is 3. The van der Waals surface area contributed by atoms with Gasteiger partial charge >= 0.3 is 0 Å². The molecule has 0 aliphatic carbocycles. The summed E-state index contributed by atoms with van der Waals surface area (Å²) in [6.45, 7) is 27.8. The number of rotatable bonds is 32. The SMILES string of the molecule is CCCOc1ccc(-c2nn3c(-c4cc(C)ccc4O)cc(-c4ccccc4)nc3c2CC(=O)N(CC)CC)cc1.CCCOc1ccc(-c2nn3c(-c4ccc(OC)cc4)cc(-c4ccc(CO)cc4)nc3c2CC(=O)N(CC)CC)cc1.CCCOc1ccc(-c2nn3c(-c4ccccc4)cc(-c4cc(C)ccc4O)nc3c2CC(=O)N(CC)CC)cc1. The highest BCUT2D eigenvalue weighted by Crippen LogP contribution is 2.41. The molecular weight excluding hydrogens is 1570 g/mol. The topological polar surface area (TPSA) is 249 Å². The molecule has 0 aliphatic heterocycles. The Labute approximate surface area is 731 Å². The van der Waals surface area contributed by atoms with Crippen molar-refractivity contribution in [3.63, 3.8) is 0 Å². The van der Waals surface area contributed by atoms with Crippen molar-refractivity contribution in [2.45, 2.75) is 121 Å². The number of hydrogen-bond acceptors (Lipinski definition) is 16. The lowest BCUT2D eigenvalue weighted by atomic mass is 10.0. The zero-order valence-corrected chi connectivity index (χ0v) is 73.4. The minimum absolute atomic E-state index is 0.0147. The summed E-state index contributed by atoms with van der Waals surface area (Å²) in [5.41, 5.74) is 21.0. The number of carbonyl (C=O) groups excluding carboxylic acids is 3. The maximum absolute atomic E-state index is 13.5. The van der Waals surface area contributed by atoms with E-state index in [-0.39, 0.29) is 55.1 Å². The van der Waals surface area contributed by atoms with Crippen LogP contribution in [-0.2, 0) is 40.3 Å². The second-order valence-electron chi connectivity index (χ2n) is 30.5. The van der Waals surface area contributed by atoms with Gasteiger partial charge in [0.1, 0.15) is 34.5 Å². The van der Waals surface area contributed by atoms with E-state index in [2.05, 4.69) is 20.8 Å². The van der Waals surface area contributed by atoms with Gasteiger partial charge in [-0.3, -0.25) is 14.4 Å². The molecule has 22 heteroatoms. The van der Waals surface area contributed by atoms with Crippen molar-refractivity contribution in [3.05, 3.63) is 270 Å². The Kier molecular flexibility index (Phi) is 29.6. The Balaban J connectivity index is 0.000000161. The molecule has 3 N–H and O–H groups in total. The van der Waals surface area contributed by atoms with E-state index in [0.717, 1.165) is 137 Å². The van der Waals surface area contributed by atoms with Crippen LogP contribution in [0.15, 0.2) is 237 Å². The van der Waals surface area contributed by atoms with Crippen molar-refractivity contribution in [2.24, 2.45) is 0 Å². The minimum Gasteiger partial charge on any atom is -0.507 e. The van der Waals surface area contributed by atoms with Gasteiger partial charge in [0.05, 0.1) is 104 Å². The van der Waals surface area contributed by atoms with Crippen molar-refractivity contribution in [1.29, 1.82) is 0 Å². The summed E-state index contributed by atoms with van der Waals surface area (Å²) in [7, 11) is 1.64. The van der Waals surface area contributed by atoms with Crippen LogP contribution >= 0.6 is 0 Å². The molecule has 6 aromatic heterocycles. The number of fused-ring (bicyclic) bond motifs is 3. The van der Waals surface area contributed by atoms with E-state index in [1.807, 2.05) is 304 Å². The molecule has 0 bridgehead atoms. The predicted molar refractivity (Wildman–Crippen MR) is 495 cm³/mol. The number of aryl methyl sites for hydroxylation is 2. The highest BCUT2D eigenvalue weighted by Gasteiger charge is 2.29. The molecule has 0 saturated carbocycles. The largest absolute Gasteiger partial charge is 0.507 e. The standard InChI is InChI=1S/C35H38N4O4.2C34H36N4O3/c1-5-20-43-29-18-14-27(15-19-29)34-30(21-33(41)38(6-2)7-3)35-36-31(25-10-8-24(23-40)9-11-25)22-32(39(35)37-34)26-12-16-28(42-4)17-13-26;1-5-19-41-26-16-14-25(15-17-26)33-28(21-32(40)37(6-2)7-3)34-35-29(27-20-23(4)13-18-31(27)39)22-30(38(34)36-33)24-11-9-8-10-12-24;1-5-19-41-26-16-14-25(15-17-26)33-28(21-32(40)37(6-2)7-3)34-35-29(24-11-9-8-10-12-24)22-30(38(34)36-33)27-20-23(4)13-18-31(27)39/h8-19,22,40H,5-7,20-21,23H2,1-4H3;2*8-18,20,22,39H,5-7,19,21H2,1-4H3. The van der Waals surface area contributed by atoms with Gasteiger partial charge in [-0.05, 0) is 220 Å². The van der Waals surface area contributed by atoms with Crippen LogP contribution < -0.4 is 18.9 Å². The third-order valence-corrected chi connectivity index (χ3v) is 22.0. The molecule has 15 rings (SSSR count). The number of hydrogen-bond donors (Lipinski definition) is 3. The van der Waals surface area contributed by atoms with Crippen LogP contribution in [0.4, 0.5) is 0 Å². The second-order valence-corrected chi connectivity index (χ2v) is 30.5. The van der Waals surface area contributed by atoms with E-state index >= 15 is 0 Å². The molecule has 0 fully saturated rings. The smallest absolute Gasteiger partial charge is 0.227 e. The van der Waals surface area contributed by atoms with E-state index in [0.29, 0.717) is 116 Å². The summed E-state index contributed by atoms with van der Waals surface area (Å²) in [4.78, 5) is 61.2. The number of benzene rings is 9. The summed E-state index contributed by atoms with van der Waals surface area (Å²) in [6.07, 6.45) is 3.25. The van der Waals surface area contributed by atoms with Gasteiger partial charge in [-0.15, -0.1) is 0 Å². The molecule has 125 heavy (non-hydrogen) atoms. The van der Waals surface area contributed by atoms with Crippen molar-refractivity contribution in [1.82, 2.24) is 58.5 Å². The van der Waals surface area contributed by atoms with Crippen molar-refractivity contribution in [3.8, 4) is 136 Å². The van der Waals surface area contributed by atoms with Gasteiger partial charge in [-0.2, -0.15) is 15.3 Å². The molecular formula is C103H110N12O10. The Morgan fingerprint density at radius 3 is 1.03 bits per heavy atom. The summed E-state index contributed by atoms with van der Waals surface area (Å²) in [6, 6.07) is 75.8. The van der Waals surface area contributed by atoms with Gasteiger partial charge < -0.3 is 49.0 Å². The first kappa shape index (κ1) is 88.8. The Morgan fingerprint density at radius 1 is 0.344 bits per heavy atom. The lowest BCUT2D eigenvalue weighted by Crippen LogP contribution is -2.31. The molecule has 642 valence electrons. The number of aromatic hydroxyl groups is 2. The zero-order valence-electron chi connectivity index (χ0n) is 73.4. The number of methoxy groups -OCH3 is 1. The monoisotopic (exact) mass is 1670 g/mol. The molecule has 9 aromatic carbocycles. The summed E-state index contributed by atoms with van der Waals surface area (Å²) in [5.74, 6) is 3.48. The number of nitrogens with zero attached hydrogens (tertiary/aromatic N) is 12. The average Bonchev–Trinajstić information content (AvgIpc) is 1.56. The van der Waals surface area contributed by atoms with Crippen LogP contribution in [0.1, 0.15) is 115 Å². The maximum Gasteiger partial charge on any atom is 0.227 e. The minimum atomic E-state index is -0.0320. The van der Waals surface area contributed by atoms with Crippen molar-refractivity contribution >= 4 is 34.7 Å². The van der Waals surface area contributed by atoms with Crippen LogP contribution in [0.25, 0.3) is 118 Å². The van der Waals surface area contributed by atoms with Crippen LogP contribution in [0.5, 0.6) is 34.5 Å². The molecule has 0 aliphatic rings. The lowest BCUT2D eigenvalue weighted by Gasteiger charge is -2.18. The molecule has 3 amide bonds. The van der Waals surface area contributed by atoms with Gasteiger partial charge in [0.15, 0.2) is 16.9 Å². The number of aliphatic hydroxyl groups is 1. The highest BCUT2D eigenvalue weighted by molar-refractivity contribution is 5.90. The molecule has 0 spiro atoms. The molecule has 0 saturated heterocycles. The third kappa shape index (κ3) is 20.5. The fourth-order valence-corrected chi connectivity index (χ4v) is 15.2. The van der Waals surface area contributed by atoms with Crippen molar-refractivity contribution < 1.29 is 48.7 Å². The summed E-state index contributed by atoms with van der Waals surface area (Å²) in [5, 5.41) is 46.6. The molecule has 0 unspecified atom stereocenters. The van der Waals surface area contributed by atoms with Gasteiger partial charge in [0.25, 0.3) is 0 Å². The number of likely N-dealkylation sites (N-methyl/N-ethyl adjacent to an activating group) is 3. The molecule has 15 aromatic rings. The fraction of sp³-hybridized carbons (Fsp3) is 0.272. The Hall–Kier alpha value is -14.0. The first-order valence-corrected chi connectivity index (χ1v) is 43.2. The Bertz CT molecular complexity index is 6150. The molecule has 22 nitrogen and oxygen atoms in total. The molecule has 0 radical (unpaired) electrons. The molecule has 0 atom stereocenters. The summed E-state index contributed by atoms with van der Waals surface area (Å²) >= 11 is 0. The average molecular weight is 1680 g/mol. The first-order chi connectivity index (χ1) is 60.8. The van der Waals surface area contributed by atoms with E-state index in [1.54, 1.807) is 23.8 Å². The summed E-state index contributed by atoms with van der Waals surface area (Å²) < 4.78 is 28.3. The maximum atomic E-state index is 13.5. The van der Waals surface area contributed by atoms with Crippen LogP contribution in [0, 0.1) is 13.8 Å². The Morgan fingerprint density at radius 2 is 0.656 bits per heavy atom. The van der Waals surface area contributed by atoms with Crippen LogP contribution in [-0.4, -0.2) is 158 Å². The van der Waals surface area contributed by atoms with Crippen LogP contribution in [0.2, 0.25) is 0 Å². The fourth-order valence-electron chi connectivity index (χ4n) is 15.2. The van der Waals surface area contributed by atoms with Crippen LogP contribution in [0.3, 0.4) is 0 Å². The predicted octanol–water partition coefficient (Wildman–Crippen LogP) is 20.3. The number of amides is 3. The zero-order chi connectivity index (χ0) is 88.2. The van der Waals surface area contributed by atoms with Gasteiger partial charge in [-0.1, -0.05) is 129 Å². The first-order valence-electron chi connectivity index (χ1n) is 43.2. The van der Waals surface area contributed by atoms with Crippen molar-refractivity contribution in [2.75, 3.05) is 66.2 Å². The second kappa shape index (κ2) is 41.7. The van der Waals surface area contributed by atoms with E-state index in [9.17, 15) is 29.7 Å². The van der Waals surface area contributed by atoms with Gasteiger partial charge in [0.2, 0.25) is 17.7 Å². The lowest BCUT2D eigenvalue weighted by molar-refractivity contribution is -0.130. The van der Waals surface area contributed by atoms with E-state index in [1.165, 1.54) is 0 Å². The molecule has 6 heterocycles. The highest BCUT2D eigenvalue weighted by atomic mass is 16.5. The number of ether oxygens (including phenoxy) is 4. The van der Waals surface area contributed by atoms with Gasteiger partial charge in [-0.25, -0.2) is 28.5 Å². The quantitative estimate of drug-likeness (QED) is 0.0354. The normalized spacial score (nSPS) is 11.1. The number of phenolic OH excluding ortho intramolecular Hbond substituents is 2. The third-order valence-electron chi connectivity index (χ3n) is 22.0.